The van der Waals surface area contributed by atoms with Gasteiger partial charge in [-0.1, -0.05) is 36.0 Å². The number of anilines is 1. The van der Waals surface area contributed by atoms with Gasteiger partial charge < -0.3 is 5.32 Å². The molecule has 4 rings (SSSR count). The second-order valence-electron chi connectivity index (χ2n) is 6.00. The van der Waals surface area contributed by atoms with Crippen LogP contribution in [0.2, 0.25) is 0 Å². The van der Waals surface area contributed by atoms with Crippen LogP contribution in [-0.4, -0.2) is 25.7 Å². The molecule has 0 saturated carbocycles. The van der Waals surface area contributed by atoms with E-state index in [0.29, 0.717) is 12.1 Å². The SMILES string of the molecule is O=C(Nc1ccccc1Cn1cncn1)c1ccc(Sc2ccccn2)cc1. The Kier molecular flexibility index (Phi) is 5.44. The van der Waals surface area contributed by atoms with Crippen LogP contribution in [0.1, 0.15) is 15.9 Å². The van der Waals surface area contributed by atoms with Gasteiger partial charge in [0.2, 0.25) is 0 Å². The molecular formula is C21H17N5OS. The average Bonchev–Trinajstić information content (AvgIpc) is 3.24. The highest BCUT2D eigenvalue weighted by atomic mass is 32.2. The quantitative estimate of drug-likeness (QED) is 0.539. The maximum atomic E-state index is 12.7. The number of carbonyl (C=O) groups excluding carboxylic acids is 1. The Balaban J connectivity index is 1.45. The molecule has 2 aromatic carbocycles. The zero-order valence-electron chi connectivity index (χ0n) is 14.9. The van der Waals surface area contributed by atoms with E-state index in [9.17, 15) is 4.79 Å². The topological polar surface area (TPSA) is 72.7 Å². The normalized spacial score (nSPS) is 10.6. The van der Waals surface area contributed by atoms with Gasteiger partial charge in [0, 0.05) is 22.3 Å². The van der Waals surface area contributed by atoms with Gasteiger partial charge in [0.05, 0.1) is 6.54 Å². The summed E-state index contributed by atoms with van der Waals surface area (Å²) in [4.78, 5) is 22.0. The van der Waals surface area contributed by atoms with Crippen LogP contribution in [0.5, 0.6) is 0 Å². The Morgan fingerprint density at radius 1 is 1.00 bits per heavy atom. The van der Waals surface area contributed by atoms with Crippen molar-refractivity contribution < 1.29 is 4.79 Å². The molecule has 2 heterocycles. The minimum atomic E-state index is -0.152. The number of rotatable bonds is 6. The van der Waals surface area contributed by atoms with Crippen LogP contribution in [0.25, 0.3) is 0 Å². The number of aromatic nitrogens is 4. The van der Waals surface area contributed by atoms with Gasteiger partial charge in [0.15, 0.2) is 0 Å². The largest absolute Gasteiger partial charge is 0.322 e. The lowest BCUT2D eigenvalue weighted by Gasteiger charge is -2.11. The number of carbonyl (C=O) groups is 1. The molecule has 0 aliphatic heterocycles. The van der Waals surface area contributed by atoms with E-state index in [1.165, 1.54) is 6.33 Å². The minimum absolute atomic E-state index is 0.152. The number of benzene rings is 2. The van der Waals surface area contributed by atoms with Crippen LogP contribution in [0.4, 0.5) is 5.69 Å². The molecule has 6 nitrogen and oxygen atoms in total. The Hall–Kier alpha value is -3.45. The molecule has 7 heteroatoms. The minimum Gasteiger partial charge on any atom is -0.322 e. The summed E-state index contributed by atoms with van der Waals surface area (Å²) in [5.74, 6) is -0.152. The van der Waals surface area contributed by atoms with Gasteiger partial charge in [-0.05, 0) is 48.0 Å². The van der Waals surface area contributed by atoms with Gasteiger partial charge in [-0.2, -0.15) is 5.10 Å². The van der Waals surface area contributed by atoms with Gasteiger partial charge in [0.1, 0.15) is 17.7 Å². The van der Waals surface area contributed by atoms with Crippen molar-refractivity contribution in [3.63, 3.8) is 0 Å². The van der Waals surface area contributed by atoms with Crippen molar-refractivity contribution in [1.29, 1.82) is 0 Å². The van der Waals surface area contributed by atoms with Gasteiger partial charge in [-0.25, -0.2) is 14.6 Å². The Bertz CT molecular complexity index is 1050. The van der Waals surface area contributed by atoms with Crippen molar-refractivity contribution in [3.05, 3.63) is 96.7 Å². The highest BCUT2D eigenvalue weighted by molar-refractivity contribution is 7.99. The highest BCUT2D eigenvalue weighted by Gasteiger charge is 2.10. The fraction of sp³-hybridized carbons (Fsp3) is 0.0476. The summed E-state index contributed by atoms with van der Waals surface area (Å²) in [6.07, 6.45) is 4.91. The molecule has 28 heavy (non-hydrogen) atoms. The zero-order valence-corrected chi connectivity index (χ0v) is 15.7. The molecule has 1 N–H and O–H groups in total. The van der Waals surface area contributed by atoms with E-state index in [-0.39, 0.29) is 5.91 Å². The molecule has 0 radical (unpaired) electrons. The van der Waals surface area contributed by atoms with Crippen LogP contribution in [-0.2, 0) is 6.54 Å². The Morgan fingerprint density at radius 2 is 1.82 bits per heavy atom. The number of hydrogen-bond acceptors (Lipinski definition) is 5. The second-order valence-corrected chi connectivity index (χ2v) is 7.09. The first-order chi connectivity index (χ1) is 13.8. The van der Waals surface area contributed by atoms with Crippen LogP contribution >= 0.6 is 11.8 Å². The fourth-order valence-corrected chi connectivity index (χ4v) is 3.44. The molecular weight excluding hydrogens is 370 g/mol. The summed E-state index contributed by atoms with van der Waals surface area (Å²) in [7, 11) is 0. The van der Waals surface area contributed by atoms with E-state index in [4.69, 9.17) is 0 Å². The Morgan fingerprint density at radius 3 is 2.57 bits per heavy atom. The van der Waals surface area contributed by atoms with Crippen molar-refractivity contribution in [2.75, 3.05) is 5.32 Å². The van der Waals surface area contributed by atoms with Crippen LogP contribution in [0, 0.1) is 0 Å². The van der Waals surface area contributed by atoms with E-state index in [2.05, 4.69) is 20.4 Å². The molecule has 0 saturated heterocycles. The molecule has 138 valence electrons. The van der Waals surface area contributed by atoms with E-state index >= 15 is 0 Å². The third kappa shape index (κ3) is 4.44. The molecule has 0 aliphatic rings. The lowest BCUT2D eigenvalue weighted by Crippen LogP contribution is -2.14. The summed E-state index contributed by atoms with van der Waals surface area (Å²) < 4.78 is 1.72. The van der Waals surface area contributed by atoms with Crippen LogP contribution < -0.4 is 5.32 Å². The maximum absolute atomic E-state index is 12.7. The van der Waals surface area contributed by atoms with Crippen molar-refractivity contribution in [2.24, 2.45) is 0 Å². The number of nitrogens with one attached hydrogen (secondary N) is 1. The van der Waals surface area contributed by atoms with Crippen LogP contribution in [0.15, 0.2) is 95.5 Å². The summed E-state index contributed by atoms with van der Waals surface area (Å²) in [5, 5.41) is 8.03. The number of nitrogens with zero attached hydrogens (tertiary/aromatic N) is 4. The zero-order chi connectivity index (χ0) is 19.2. The third-order valence-corrected chi connectivity index (χ3v) is 5.00. The Labute approximate surface area is 166 Å². The van der Waals surface area contributed by atoms with Crippen molar-refractivity contribution in [2.45, 2.75) is 16.5 Å². The molecule has 2 aromatic heterocycles. The maximum Gasteiger partial charge on any atom is 0.255 e. The molecule has 1 amide bonds. The molecule has 0 aliphatic carbocycles. The summed E-state index contributed by atoms with van der Waals surface area (Å²) >= 11 is 1.56. The van der Waals surface area contributed by atoms with Gasteiger partial charge in [-0.15, -0.1) is 0 Å². The lowest BCUT2D eigenvalue weighted by atomic mass is 10.1. The van der Waals surface area contributed by atoms with Crippen LogP contribution in [0.3, 0.4) is 0 Å². The van der Waals surface area contributed by atoms with Gasteiger partial charge in [-0.3, -0.25) is 4.79 Å². The highest BCUT2D eigenvalue weighted by Crippen LogP contribution is 2.26. The smallest absolute Gasteiger partial charge is 0.255 e. The predicted molar refractivity (Wildman–Crippen MR) is 108 cm³/mol. The standard InChI is InChI=1S/C21H17N5OS/c27-21(16-8-10-18(11-9-16)28-20-7-3-4-12-23-20)25-19-6-2-1-5-17(19)13-26-15-22-14-24-26/h1-12,14-15H,13H2,(H,25,27). The van der Waals surface area contributed by atoms with E-state index in [1.54, 1.807) is 29.0 Å². The summed E-state index contributed by atoms with van der Waals surface area (Å²) in [6, 6.07) is 21.0. The number of pyridine rings is 1. The molecule has 4 aromatic rings. The molecule has 0 bridgehead atoms. The number of amides is 1. The lowest BCUT2D eigenvalue weighted by molar-refractivity contribution is 0.102. The summed E-state index contributed by atoms with van der Waals surface area (Å²) in [5.41, 5.74) is 2.32. The van der Waals surface area contributed by atoms with E-state index < -0.39 is 0 Å². The molecule has 0 fully saturated rings. The number of hydrogen-bond donors (Lipinski definition) is 1. The van der Waals surface area contributed by atoms with Crippen molar-refractivity contribution >= 4 is 23.4 Å². The fourth-order valence-electron chi connectivity index (χ4n) is 2.67. The average molecular weight is 387 g/mol. The van der Waals surface area contributed by atoms with E-state index in [0.717, 1.165) is 21.2 Å². The summed E-state index contributed by atoms with van der Waals surface area (Å²) in [6.45, 7) is 0.538. The number of para-hydroxylation sites is 1. The first kappa shape index (κ1) is 17.9. The van der Waals surface area contributed by atoms with Gasteiger partial charge in [0.25, 0.3) is 5.91 Å². The molecule has 0 unspecified atom stereocenters. The third-order valence-electron chi connectivity index (χ3n) is 4.04. The molecule has 0 atom stereocenters. The predicted octanol–water partition coefficient (Wildman–Crippen LogP) is 4.12. The first-order valence-electron chi connectivity index (χ1n) is 8.68. The first-order valence-corrected chi connectivity index (χ1v) is 9.50. The van der Waals surface area contributed by atoms with E-state index in [1.807, 2.05) is 66.7 Å². The molecule has 0 spiro atoms. The monoisotopic (exact) mass is 387 g/mol. The second kappa shape index (κ2) is 8.49. The van der Waals surface area contributed by atoms with Gasteiger partial charge >= 0.3 is 0 Å². The van der Waals surface area contributed by atoms with Crippen molar-refractivity contribution in [1.82, 2.24) is 19.7 Å². The van der Waals surface area contributed by atoms with Crippen molar-refractivity contribution in [3.8, 4) is 0 Å².